The van der Waals surface area contributed by atoms with E-state index in [1.54, 1.807) is 30.3 Å². The third-order valence-electron chi connectivity index (χ3n) is 4.86. The molecule has 1 aliphatic heterocycles. The molecule has 1 aliphatic rings. The lowest BCUT2D eigenvalue weighted by Gasteiger charge is -2.29. The molecule has 1 saturated heterocycles. The van der Waals surface area contributed by atoms with Gasteiger partial charge in [-0.25, -0.2) is 4.79 Å². The molecule has 0 saturated carbocycles. The number of nitrogens with one attached hydrogen (secondary N) is 1. The minimum absolute atomic E-state index is 0.000235. The minimum atomic E-state index is -1.13. The molecular formula is C23H15ClN2O5S. The van der Waals surface area contributed by atoms with Crippen LogP contribution in [0.1, 0.15) is 21.7 Å². The quantitative estimate of drug-likeness (QED) is 0.335. The van der Waals surface area contributed by atoms with Crippen molar-refractivity contribution < 1.29 is 23.9 Å². The molecule has 2 heterocycles. The van der Waals surface area contributed by atoms with Crippen LogP contribution in [0.5, 0.6) is 0 Å². The lowest BCUT2D eigenvalue weighted by atomic mass is 10.1. The van der Waals surface area contributed by atoms with E-state index >= 15 is 0 Å². The highest BCUT2D eigenvalue weighted by atomic mass is 35.5. The molecule has 1 aromatic heterocycles. The summed E-state index contributed by atoms with van der Waals surface area (Å²) >= 11 is 11.2. The number of carboxylic acids is 1. The van der Waals surface area contributed by atoms with Gasteiger partial charge in [-0.3, -0.25) is 19.8 Å². The maximum Gasteiger partial charge on any atom is 0.337 e. The Balaban J connectivity index is 1.67. The van der Waals surface area contributed by atoms with Gasteiger partial charge in [0.25, 0.3) is 11.8 Å². The Bertz CT molecular complexity index is 1330. The first-order valence-corrected chi connectivity index (χ1v) is 10.1. The van der Waals surface area contributed by atoms with Crippen LogP contribution < -0.4 is 10.2 Å². The van der Waals surface area contributed by atoms with Crippen LogP contribution in [0.2, 0.25) is 5.02 Å². The highest BCUT2D eigenvalue weighted by Gasteiger charge is 2.35. The molecule has 2 amide bonds. The Morgan fingerprint density at radius 1 is 1.16 bits per heavy atom. The second-order valence-corrected chi connectivity index (χ2v) is 7.74. The molecule has 0 aliphatic carbocycles. The van der Waals surface area contributed by atoms with E-state index in [1.807, 2.05) is 19.1 Å². The van der Waals surface area contributed by atoms with Gasteiger partial charge in [0.05, 0.1) is 16.3 Å². The first-order chi connectivity index (χ1) is 15.3. The topological polar surface area (TPSA) is 99.8 Å². The zero-order valence-corrected chi connectivity index (χ0v) is 18.2. The van der Waals surface area contributed by atoms with Gasteiger partial charge in [-0.05, 0) is 61.1 Å². The summed E-state index contributed by atoms with van der Waals surface area (Å²) in [6.45, 7) is 1.84. The number of thiocarbonyl (C=S) groups is 1. The van der Waals surface area contributed by atoms with Gasteiger partial charge < -0.3 is 9.52 Å². The van der Waals surface area contributed by atoms with Crippen LogP contribution in [-0.2, 0) is 9.59 Å². The van der Waals surface area contributed by atoms with Crippen molar-refractivity contribution in [3.05, 3.63) is 82.1 Å². The third-order valence-corrected chi connectivity index (χ3v) is 5.45. The number of carboxylic acid groups (broad SMARTS) is 1. The molecule has 3 aromatic rings. The molecule has 0 atom stereocenters. The summed E-state index contributed by atoms with van der Waals surface area (Å²) in [6, 6.07) is 14.8. The number of furan rings is 1. The number of hydrogen-bond acceptors (Lipinski definition) is 5. The second kappa shape index (κ2) is 8.41. The van der Waals surface area contributed by atoms with Crippen molar-refractivity contribution in [2.45, 2.75) is 6.92 Å². The van der Waals surface area contributed by atoms with Crippen molar-refractivity contribution in [2.75, 3.05) is 4.90 Å². The molecular weight excluding hydrogens is 452 g/mol. The lowest BCUT2D eigenvalue weighted by molar-refractivity contribution is -0.122. The van der Waals surface area contributed by atoms with Gasteiger partial charge in [-0.15, -0.1) is 0 Å². The predicted molar refractivity (Wildman–Crippen MR) is 123 cm³/mol. The Morgan fingerprint density at radius 2 is 1.91 bits per heavy atom. The average Bonchev–Trinajstić information content (AvgIpc) is 3.21. The molecule has 2 N–H and O–H groups in total. The van der Waals surface area contributed by atoms with Gasteiger partial charge in [0, 0.05) is 5.56 Å². The van der Waals surface area contributed by atoms with Crippen molar-refractivity contribution in [3.63, 3.8) is 0 Å². The number of hydrogen-bond donors (Lipinski definition) is 2. The fraction of sp³-hybridized carbons (Fsp3) is 0.0435. The summed E-state index contributed by atoms with van der Waals surface area (Å²) < 4.78 is 5.75. The third kappa shape index (κ3) is 3.93. The number of amides is 2. The van der Waals surface area contributed by atoms with E-state index in [-0.39, 0.29) is 27.0 Å². The second-order valence-electron chi connectivity index (χ2n) is 6.95. The van der Waals surface area contributed by atoms with E-state index in [9.17, 15) is 14.4 Å². The molecule has 2 aromatic carbocycles. The number of benzene rings is 2. The first-order valence-electron chi connectivity index (χ1n) is 9.36. The Hall–Kier alpha value is -3.75. The SMILES string of the molecule is Cc1ccccc1N1C(=O)C(=Cc2ccc(-c3ccc(C(=O)O)c(Cl)c3)o2)C(=O)NC1=S. The van der Waals surface area contributed by atoms with E-state index in [0.717, 1.165) is 5.56 Å². The molecule has 160 valence electrons. The molecule has 9 heteroatoms. The Morgan fingerprint density at radius 3 is 2.59 bits per heavy atom. The van der Waals surface area contributed by atoms with Crippen molar-refractivity contribution in [3.8, 4) is 11.3 Å². The first kappa shape index (κ1) is 21.5. The summed E-state index contributed by atoms with van der Waals surface area (Å²) in [6.07, 6.45) is 1.33. The number of nitrogens with zero attached hydrogens (tertiary/aromatic N) is 1. The van der Waals surface area contributed by atoms with E-state index in [0.29, 0.717) is 17.0 Å². The number of rotatable bonds is 4. The van der Waals surface area contributed by atoms with Gasteiger partial charge in [0.1, 0.15) is 17.1 Å². The molecule has 0 unspecified atom stereocenters. The summed E-state index contributed by atoms with van der Waals surface area (Å²) in [4.78, 5) is 38.0. The van der Waals surface area contributed by atoms with Crippen LogP contribution in [0, 0.1) is 6.92 Å². The van der Waals surface area contributed by atoms with Crippen LogP contribution >= 0.6 is 23.8 Å². The van der Waals surface area contributed by atoms with Crippen LogP contribution in [0.15, 0.2) is 64.6 Å². The number of para-hydroxylation sites is 1. The van der Waals surface area contributed by atoms with E-state index in [2.05, 4.69) is 5.32 Å². The smallest absolute Gasteiger partial charge is 0.337 e. The van der Waals surface area contributed by atoms with Gasteiger partial charge in [0.15, 0.2) is 5.11 Å². The highest BCUT2D eigenvalue weighted by Crippen LogP contribution is 2.29. The van der Waals surface area contributed by atoms with Crippen LogP contribution in [-0.4, -0.2) is 28.0 Å². The number of aromatic carboxylic acids is 1. The predicted octanol–water partition coefficient (Wildman–Crippen LogP) is 4.44. The van der Waals surface area contributed by atoms with Crippen molar-refractivity contribution in [1.29, 1.82) is 0 Å². The molecule has 0 spiro atoms. The zero-order valence-electron chi connectivity index (χ0n) is 16.6. The fourth-order valence-electron chi connectivity index (χ4n) is 3.26. The van der Waals surface area contributed by atoms with Gasteiger partial charge in [-0.1, -0.05) is 35.9 Å². The Kier molecular flexibility index (Phi) is 5.65. The van der Waals surface area contributed by atoms with Gasteiger partial charge in [-0.2, -0.15) is 0 Å². The largest absolute Gasteiger partial charge is 0.478 e. The number of halogens is 1. The van der Waals surface area contributed by atoms with Crippen molar-refractivity contribution in [1.82, 2.24) is 5.32 Å². The molecule has 1 fully saturated rings. The normalized spacial score (nSPS) is 15.2. The van der Waals surface area contributed by atoms with Gasteiger partial charge in [0.2, 0.25) is 0 Å². The maximum atomic E-state index is 13.1. The lowest BCUT2D eigenvalue weighted by Crippen LogP contribution is -2.54. The van der Waals surface area contributed by atoms with Crippen LogP contribution in [0.25, 0.3) is 17.4 Å². The van der Waals surface area contributed by atoms with Crippen LogP contribution in [0.4, 0.5) is 5.69 Å². The molecule has 0 radical (unpaired) electrons. The summed E-state index contributed by atoms with van der Waals surface area (Å²) in [5.41, 5.74) is 1.78. The number of carbonyl (C=O) groups is 3. The minimum Gasteiger partial charge on any atom is -0.478 e. The highest BCUT2D eigenvalue weighted by molar-refractivity contribution is 7.80. The summed E-state index contributed by atoms with van der Waals surface area (Å²) in [5, 5.41) is 11.7. The van der Waals surface area contributed by atoms with E-state index in [4.69, 9.17) is 33.3 Å². The average molecular weight is 467 g/mol. The van der Waals surface area contributed by atoms with Crippen molar-refractivity contribution in [2.24, 2.45) is 0 Å². The number of carbonyl (C=O) groups excluding carboxylic acids is 2. The summed E-state index contributed by atoms with van der Waals surface area (Å²) in [5.74, 6) is -1.68. The van der Waals surface area contributed by atoms with Gasteiger partial charge >= 0.3 is 5.97 Å². The molecule has 32 heavy (non-hydrogen) atoms. The number of aryl methyl sites for hydroxylation is 1. The molecule has 7 nitrogen and oxygen atoms in total. The summed E-state index contributed by atoms with van der Waals surface area (Å²) in [7, 11) is 0. The number of anilines is 1. The van der Waals surface area contributed by atoms with Crippen LogP contribution in [0.3, 0.4) is 0 Å². The maximum absolute atomic E-state index is 13.1. The fourth-order valence-corrected chi connectivity index (χ4v) is 3.80. The molecule has 0 bridgehead atoms. The Labute approximate surface area is 192 Å². The zero-order chi connectivity index (χ0) is 23.0. The van der Waals surface area contributed by atoms with E-state index in [1.165, 1.54) is 23.1 Å². The molecule has 4 rings (SSSR count). The monoisotopic (exact) mass is 466 g/mol. The van der Waals surface area contributed by atoms with Crippen molar-refractivity contribution >= 4 is 58.5 Å². The van der Waals surface area contributed by atoms with E-state index < -0.39 is 17.8 Å². The standard InChI is InChI=1S/C23H15ClN2O5S/c1-12-4-2-3-5-18(12)26-21(28)16(20(27)25-23(26)32)11-14-7-9-19(31-14)13-6-8-15(22(29)30)17(24)10-13/h2-11H,1H3,(H,29,30)(H,25,27,32).